The van der Waals surface area contributed by atoms with Crippen LogP contribution in [0, 0.1) is 11.8 Å². The number of ether oxygens (including phenoxy) is 4. The number of carbonyl (C=O) groups excluding carboxylic acids is 3. The van der Waals surface area contributed by atoms with Crippen molar-refractivity contribution in [3.63, 3.8) is 0 Å². The quantitative estimate of drug-likeness (QED) is 0.591. The molecule has 2 aliphatic heterocycles. The molecule has 2 aromatic carbocycles. The average molecular weight is 382 g/mol. The maximum Gasteiger partial charge on any atom is 0.343 e. The topological polar surface area (TPSA) is 88.1 Å². The second-order valence-corrected chi connectivity index (χ2v) is 6.65. The Morgan fingerprint density at radius 1 is 0.964 bits per heavy atom. The van der Waals surface area contributed by atoms with Crippen molar-refractivity contribution < 1.29 is 33.3 Å². The van der Waals surface area contributed by atoms with Crippen LogP contribution >= 0.6 is 0 Å². The van der Waals surface area contributed by atoms with Gasteiger partial charge < -0.3 is 18.9 Å². The van der Waals surface area contributed by atoms with Crippen molar-refractivity contribution in [2.75, 3.05) is 14.2 Å². The average Bonchev–Trinajstić information content (AvgIpc) is 3.25. The largest absolute Gasteiger partial charge is 0.497 e. The molecule has 7 nitrogen and oxygen atoms in total. The van der Waals surface area contributed by atoms with E-state index in [0.717, 1.165) is 0 Å². The van der Waals surface area contributed by atoms with Crippen LogP contribution < -0.4 is 4.74 Å². The number of cyclic esters (lactones) is 2. The van der Waals surface area contributed by atoms with Gasteiger partial charge in [0.25, 0.3) is 0 Å². The summed E-state index contributed by atoms with van der Waals surface area (Å²) in [5.41, 5.74) is -0.710. The summed E-state index contributed by atoms with van der Waals surface area (Å²) in [6.07, 6.45) is -0.853. The van der Waals surface area contributed by atoms with Gasteiger partial charge in [0.15, 0.2) is 0 Å². The minimum absolute atomic E-state index is 0.430. The number of esters is 3. The molecule has 0 aliphatic carbocycles. The van der Waals surface area contributed by atoms with Crippen LogP contribution in [0.25, 0.3) is 0 Å². The lowest BCUT2D eigenvalue weighted by atomic mass is 9.76. The smallest absolute Gasteiger partial charge is 0.343 e. The lowest BCUT2D eigenvalue weighted by Gasteiger charge is -2.30. The van der Waals surface area contributed by atoms with Crippen LogP contribution in [0.5, 0.6) is 5.75 Å². The van der Waals surface area contributed by atoms with E-state index in [4.69, 9.17) is 18.9 Å². The van der Waals surface area contributed by atoms with Gasteiger partial charge in [-0.15, -0.1) is 0 Å². The summed E-state index contributed by atoms with van der Waals surface area (Å²) in [5.74, 6) is -3.72. The summed E-state index contributed by atoms with van der Waals surface area (Å²) in [5, 5.41) is 0. The summed E-state index contributed by atoms with van der Waals surface area (Å²) in [4.78, 5) is 38.0. The number of fused-ring (bicyclic) bond motifs is 1. The normalized spacial score (nSPS) is 28.6. The second-order valence-electron chi connectivity index (χ2n) is 6.65. The third kappa shape index (κ3) is 2.51. The minimum Gasteiger partial charge on any atom is -0.497 e. The van der Waals surface area contributed by atoms with E-state index in [1.807, 2.05) is 0 Å². The third-order valence-corrected chi connectivity index (χ3v) is 5.30. The maximum absolute atomic E-state index is 12.9. The van der Waals surface area contributed by atoms with Gasteiger partial charge in [0, 0.05) is 0 Å². The Kier molecular flexibility index (Phi) is 4.39. The van der Waals surface area contributed by atoms with E-state index >= 15 is 0 Å². The van der Waals surface area contributed by atoms with Gasteiger partial charge in [0.1, 0.15) is 17.6 Å². The molecule has 0 spiro atoms. The fourth-order valence-electron chi connectivity index (χ4n) is 4.02. The van der Waals surface area contributed by atoms with Crippen molar-refractivity contribution in [3.05, 3.63) is 65.7 Å². The molecule has 2 aliphatic rings. The Bertz CT molecular complexity index is 922. The summed E-state index contributed by atoms with van der Waals surface area (Å²) < 4.78 is 21.3. The fraction of sp³-hybridized carbons (Fsp3) is 0.286. The molecule has 4 atom stereocenters. The fourth-order valence-corrected chi connectivity index (χ4v) is 4.02. The number of methoxy groups -OCH3 is 2. The Balaban J connectivity index is 1.88. The van der Waals surface area contributed by atoms with E-state index < -0.39 is 41.4 Å². The number of hydrogen-bond donors (Lipinski definition) is 0. The van der Waals surface area contributed by atoms with Crippen molar-refractivity contribution in [2.24, 2.45) is 11.8 Å². The van der Waals surface area contributed by atoms with E-state index in [0.29, 0.717) is 16.9 Å². The molecule has 0 bridgehead atoms. The van der Waals surface area contributed by atoms with Crippen LogP contribution in [-0.4, -0.2) is 32.1 Å². The Hall–Kier alpha value is -3.19. The molecule has 2 aromatic rings. The van der Waals surface area contributed by atoms with Crippen LogP contribution in [0.15, 0.2) is 54.6 Å². The lowest BCUT2D eigenvalue weighted by molar-refractivity contribution is -0.182. The van der Waals surface area contributed by atoms with E-state index in [9.17, 15) is 14.4 Å². The number of hydrogen-bond acceptors (Lipinski definition) is 7. The highest BCUT2D eigenvalue weighted by molar-refractivity contribution is 6.02. The van der Waals surface area contributed by atoms with Crippen LogP contribution in [0.4, 0.5) is 0 Å². The Morgan fingerprint density at radius 3 is 2.25 bits per heavy atom. The van der Waals surface area contributed by atoms with E-state index in [1.54, 1.807) is 61.7 Å². The molecule has 2 saturated heterocycles. The summed E-state index contributed by atoms with van der Waals surface area (Å²) in [6.45, 7) is 0. The Morgan fingerprint density at radius 2 is 1.64 bits per heavy atom. The van der Waals surface area contributed by atoms with Gasteiger partial charge in [-0.1, -0.05) is 42.5 Å². The van der Waals surface area contributed by atoms with E-state index in [-0.39, 0.29) is 0 Å². The van der Waals surface area contributed by atoms with E-state index in [2.05, 4.69) is 0 Å². The highest BCUT2D eigenvalue weighted by Gasteiger charge is 2.70. The second kappa shape index (κ2) is 6.76. The molecule has 0 amide bonds. The summed E-state index contributed by atoms with van der Waals surface area (Å²) >= 11 is 0. The van der Waals surface area contributed by atoms with Crippen molar-refractivity contribution >= 4 is 17.9 Å². The number of rotatable bonds is 4. The zero-order valence-electron chi connectivity index (χ0n) is 15.3. The minimum atomic E-state index is -1.77. The van der Waals surface area contributed by atoms with Crippen molar-refractivity contribution in [2.45, 2.75) is 11.7 Å². The van der Waals surface area contributed by atoms with Gasteiger partial charge in [-0.2, -0.15) is 0 Å². The molecule has 7 heteroatoms. The molecule has 4 rings (SSSR count). The van der Waals surface area contributed by atoms with Gasteiger partial charge in [0.2, 0.25) is 5.60 Å². The van der Waals surface area contributed by atoms with Crippen LogP contribution in [0.1, 0.15) is 17.2 Å². The Labute approximate surface area is 161 Å². The molecule has 2 fully saturated rings. The predicted molar refractivity (Wildman–Crippen MR) is 95.0 cm³/mol. The molecule has 2 heterocycles. The molecule has 144 valence electrons. The predicted octanol–water partition coefficient (Wildman–Crippen LogP) is 2.15. The molecular weight excluding hydrogens is 364 g/mol. The summed E-state index contributed by atoms with van der Waals surface area (Å²) in [7, 11) is 2.76. The highest BCUT2D eigenvalue weighted by Crippen LogP contribution is 2.57. The monoisotopic (exact) mass is 382 g/mol. The highest BCUT2D eigenvalue weighted by atomic mass is 16.6. The first-order chi connectivity index (χ1) is 13.5. The van der Waals surface area contributed by atoms with Gasteiger partial charge >= 0.3 is 17.9 Å². The molecular formula is C21H18O7. The first-order valence-corrected chi connectivity index (χ1v) is 8.74. The van der Waals surface area contributed by atoms with Crippen LogP contribution in [0.3, 0.4) is 0 Å². The molecule has 0 unspecified atom stereocenters. The van der Waals surface area contributed by atoms with Crippen molar-refractivity contribution in [1.29, 1.82) is 0 Å². The molecule has 0 N–H and O–H groups in total. The molecule has 0 saturated carbocycles. The standard InChI is InChI=1S/C21H18O7/c1-25-14-10-8-12(9-11-14)17-15-16(19(23)27-18(15)22)21(28-17,20(24)26-2)13-6-4-3-5-7-13/h3-11,15-17H,1-2H3/t15-,16-,17-,21+/m0/s1. The van der Waals surface area contributed by atoms with Crippen molar-refractivity contribution in [3.8, 4) is 5.75 Å². The van der Waals surface area contributed by atoms with Gasteiger partial charge in [-0.05, 0) is 23.3 Å². The van der Waals surface area contributed by atoms with Crippen LogP contribution in [0.2, 0.25) is 0 Å². The zero-order chi connectivity index (χ0) is 19.9. The maximum atomic E-state index is 12.9. The lowest BCUT2D eigenvalue weighted by Crippen LogP contribution is -2.45. The van der Waals surface area contributed by atoms with Crippen LogP contribution in [-0.2, 0) is 34.2 Å². The number of carbonyl (C=O) groups is 3. The first kappa shape index (κ1) is 18.2. The molecule has 0 radical (unpaired) electrons. The number of benzene rings is 2. The van der Waals surface area contributed by atoms with Gasteiger partial charge in [0.05, 0.1) is 20.3 Å². The SMILES string of the molecule is COC(=O)[C@]1(c2ccccc2)O[C@@H](c2ccc(OC)cc2)[C@H]2C(=O)OC(=O)[C@H]21. The van der Waals surface area contributed by atoms with Gasteiger partial charge in [-0.25, -0.2) is 4.79 Å². The third-order valence-electron chi connectivity index (χ3n) is 5.30. The zero-order valence-corrected chi connectivity index (χ0v) is 15.3. The summed E-state index contributed by atoms with van der Waals surface area (Å²) in [6, 6.07) is 15.5. The first-order valence-electron chi connectivity index (χ1n) is 8.74. The van der Waals surface area contributed by atoms with Gasteiger partial charge in [-0.3, -0.25) is 9.59 Å². The molecule has 28 heavy (non-hydrogen) atoms. The van der Waals surface area contributed by atoms with Crippen molar-refractivity contribution in [1.82, 2.24) is 0 Å². The molecule has 0 aromatic heterocycles. The van der Waals surface area contributed by atoms with E-state index in [1.165, 1.54) is 7.11 Å².